The predicted molar refractivity (Wildman–Crippen MR) is 64.7 cm³/mol. The number of benzene rings is 1. The zero-order valence-electron chi connectivity index (χ0n) is 9.96. The molecule has 0 spiro atoms. The number of hydrogen-bond donors (Lipinski definition) is 2. The third-order valence-electron chi connectivity index (χ3n) is 2.44. The van der Waals surface area contributed by atoms with Crippen LogP contribution < -0.4 is 11.1 Å². The quantitative estimate of drug-likeness (QED) is 0.832. The van der Waals surface area contributed by atoms with Gasteiger partial charge in [-0.05, 0) is 5.56 Å². The second-order valence-corrected chi connectivity index (χ2v) is 3.86. The fraction of sp³-hybridized carbons (Fsp3) is 0.250. The Labute approximate surface area is 104 Å². The maximum absolute atomic E-state index is 11.6. The van der Waals surface area contributed by atoms with Crippen LogP contribution in [-0.2, 0) is 0 Å². The number of hydrogen-bond acceptors (Lipinski definition) is 5. The molecule has 6 nitrogen and oxygen atoms in total. The number of nitrogens with one attached hydrogen (secondary N) is 1. The topological polar surface area (TPSA) is 94.0 Å². The predicted octanol–water partition coefficient (Wildman–Crippen LogP) is 0.808. The summed E-state index contributed by atoms with van der Waals surface area (Å²) in [5.74, 6) is -0.0153. The molecule has 0 bridgehead atoms. The molecule has 1 atom stereocenters. The van der Waals surface area contributed by atoms with Crippen LogP contribution in [0.25, 0.3) is 0 Å². The first-order chi connectivity index (χ1) is 8.66. The van der Waals surface area contributed by atoms with Crippen molar-refractivity contribution in [1.82, 2.24) is 15.5 Å². The molecule has 94 valence electrons. The lowest BCUT2D eigenvalue weighted by Crippen LogP contribution is -2.32. The van der Waals surface area contributed by atoms with Gasteiger partial charge in [0.05, 0.1) is 0 Å². The third-order valence-corrected chi connectivity index (χ3v) is 2.44. The fourth-order valence-electron chi connectivity index (χ4n) is 1.49. The van der Waals surface area contributed by atoms with Crippen LogP contribution in [0, 0.1) is 6.92 Å². The molecule has 0 saturated carbocycles. The summed E-state index contributed by atoms with van der Waals surface area (Å²) in [5.41, 5.74) is 6.91. The molecule has 3 N–H and O–H groups in total. The van der Waals surface area contributed by atoms with Gasteiger partial charge in [-0.25, -0.2) is 0 Å². The molecule has 1 heterocycles. The Morgan fingerprint density at radius 3 is 2.78 bits per heavy atom. The molecule has 2 rings (SSSR count). The lowest BCUT2D eigenvalue weighted by molar-refractivity contribution is 0.0938. The average Bonchev–Trinajstić information content (AvgIpc) is 2.83. The van der Waals surface area contributed by atoms with E-state index in [1.165, 1.54) is 0 Å². The van der Waals surface area contributed by atoms with Gasteiger partial charge in [0.25, 0.3) is 11.7 Å². The number of carbonyl (C=O) groups is 1. The van der Waals surface area contributed by atoms with Crippen molar-refractivity contribution in [2.45, 2.75) is 13.0 Å². The monoisotopic (exact) mass is 246 g/mol. The number of rotatable bonds is 4. The van der Waals surface area contributed by atoms with Gasteiger partial charge in [0.1, 0.15) is 0 Å². The van der Waals surface area contributed by atoms with Crippen LogP contribution in [0.1, 0.15) is 28.1 Å². The molecule has 1 unspecified atom stereocenters. The fourth-order valence-corrected chi connectivity index (χ4v) is 1.49. The molecular weight excluding hydrogens is 232 g/mol. The van der Waals surface area contributed by atoms with Crippen molar-refractivity contribution < 1.29 is 9.32 Å². The number of aryl methyl sites for hydroxylation is 1. The molecule has 1 aromatic heterocycles. The molecule has 0 aliphatic carbocycles. The molecule has 2 aromatic rings. The van der Waals surface area contributed by atoms with E-state index < -0.39 is 5.91 Å². The van der Waals surface area contributed by atoms with Crippen molar-refractivity contribution in [3.05, 3.63) is 47.6 Å². The summed E-state index contributed by atoms with van der Waals surface area (Å²) in [5, 5.41) is 6.19. The lowest BCUT2D eigenvalue weighted by Gasteiger charge is -2.11. The molecule has 1 aromatic carbocycles. The van der Waals surface area contributed by atoms with Gasteiger partial charge in [0.15, 0.2) is 0 Å². The Balaban J connectivity index is 1.90. The van der Waals surface area contributed by atoms with Gasteiger partial charge in [-0.15, -0.1) is 0 Å². The molecular formula is C12H14N4O2. The Morgan fingerprint density at radius 1 is 1.44 bits per heavy atom. The van der Waals surface area contributed by atoms with E-state index in [0.29, 0.717) is 12.4 Å². The Kier molecular flexibility index (Phi) is 3.69. The number of aromatic nitrogens is 2. The van der Waals surface area contributed by atoms with Crippen LogP contribution in [0.4, 0.5) is 0 Å². The van der Waals surface area contributed by atoms with E-state index >= 15 is 0 Å². The highest BCUT2D eigenvalue weighted by Crippen LogP contribution is 2.08. The van der Waals surface area contributed by atoms with Crippen molar-refractivity contribution in [1.29, 1.82) is 0 Å². The molecule has 0 fully saturated rings. The first kappa shape index (κ1) is 12.3. The van der Waals surface area contributed by atoms with E-state index in [9.17, 15) is 4.79 Å². The van der Waals surface area contributed by atoms with Crippen LogP contribution in [0.5, 0.6) is 0 Å². The zero-order chi connectivity index (χ0) is 13.0. The number of nitrogens with two attached hydrogens (primary N) is 1. The number of amides is 1. The largest absolute Gasteiger partial charge is 0.347 e. The van der Waals surface area contributed by atoms with Crippen molar-refractivity contribution in [3.8, 4) is 0 Å². The third kappa shape index (κ3) is 2.92. The Morgan fingerprint density at radius 2 is 2.17 bits per heavy atom. The van der Waals surface area contributed by atoms with Crippen LogP contribution in [0.3, 0.4) is 0 Å². The SMILES string of the molecule is Cc1nc(C(=O)NCC(N)c2ccccc2)no1. The molecule has 1 amide bonds. The first-order valence-electron chi connectivity index (χ1n) is 5.56. The summed E-state index contributed by atoms with van der Waals surface area (Å²) in [6.45, 7) is 1.94. The minimum Gasteiger partial charge on any atom is -0.347 e. The molecule has 18 heavy (non-hydrogen) atoms. The zero-order valence-corrected chi connectivity index (χ0v) is 9.96. The lowest BCUT2D eigenvalue weighted by atomic mass is 10.1. The molecule has 6 heteroatoms. The molecule has 0 aliphatic rings. The summed E-state index contributed by atoms with van der Waals surface area (Å²) in [7, 11) is 0. The maximum Gasteiger partial charge on any atom is 0.292 e. The van der Waals surface area contributed by atoms with E-state index in [4.69, 9.17) is 10.3 Å². The maximum atomic E-state index is 11.6. The minimum absolute atomic E-state index is 0.0211. The van der Waals surface area contributed by atoms with E-state index in [1.807, 2.05) is 30.3 Å². The number of carbonyl (C=O) groups excluding carboxylic acids is 1. The van der Waals surface area contributed by atoms with Gasteiger partial charge in [-0.1, -0.05) is 35.5 Å². The minimum atomic E-state index is -0.391. The highest BCUT2D eigenvalue weighted by atomic mass is 16.5. The van der Waals surface area contributed by atoms with Gasteiger partial charge in [-0.3, -0.25) is 4.79 Å². The summed E-state index contributed by atoms with van der Waals surface area (Å²) in [4.78, 5) is 15.5. The van der Waals surface area contributed by atoms with E-state index in [1.54, 1.807) is 6.92 Å². The average molecular weight is 246 g/mol. The van der Waals surface area contributed by atoms with Gasteiger partial charge in [0, 0.05) is 19.5 Å². The van der Waals surface area contributed by atoms with Crippen LogP contribution >= 0.6 is 0 Å². The molecule has 0 radical (unpaired) electrons. The Hall–Kier alpha value is -2.21. The second kappa shape index (κ2) is 5.42. The normalized spacial score (nSPS) is 12.1. The van der Waals surface area contributed by atoms with Gasteiger partial charge in [-0.2, -0.15) is 4.98 Å². The van der Waals surface area contributed by atoms with E-state index in [-0.39, 0.29) is 11.9 Å². The van der Waals surface area contributed by atoms with Crippen LogP contribution in [-0.4, -0.2) is 22.6 Å². The second-order valence-electron chi connectivity index (χ2n) is 3.86. The Bertz CT molecular complexity index is 524. The van der Waals surface area contributed by atoms with Crippen molar-refractivity contribution in [2.75, 3.05) is 6.54 Å². The molecule has 0 aliphatic heterocycles. The van der Waals surface area contributed by atoms with Crippen molar-refractivity contribution in [2.24, 2.45) is 5.73 Å². The van der Waals surface area contributed by atoms with Crippen molar-refractivity contribution in [3.63, 3.8) is 0 Å². The van der Waals surface area contributed by atoms with Gasteiger partial charge >= 0.3 is 0 Å². The summed E-state index contributed by atoms with van der Waals surface area (Å²) >= 11 is 0. The van der Waals surface area contributed by atoms with E-state index in [0.717, 1.165) is 5.56 Å². The standard InChI is InChI=1S/C12H14N4O2/c1-8-15-11(16-18-8)12(17)14-7-10(13)9-5-3-2-4-6-9/h2-6,10H,7,13H2,1H3,(H,14,17). The summed E-state index contributed by atoms with van der Waals surface area (Å²) in [6.07, 6.45) is 0. The summed E-state index contributed by atoms with van der Waals surface area (Å²) < 4.78 is 4.72. The first-order valence-corrected chi connectivity index (χ1v) is 5.56. The highest BCUT2D eigenvalue weighted by molar-refractivity contribution is 5.90. The summed E-state index contributed by atoms with van der Waals surface area (Å²) in [6, 6.07) is 9.28. The van der Waals surface area contributed by atoms with Crippen LogP contribution in [0.15, 0.2) is 34.9 Å². The van der Waals surface area contributed by atoms with Gasteiger partial charge in [0.2, 0.25) is 5.89 Å². The highest BCUT2D eigenvalue weighted by Gasteiger charge is 2.14. The smallest absolute Gasteiger partial charge is 0.292 e. The van der Waals surface area contributed by atoms with E-state index in [2.05, 4.69) is 15.5 Å². The number of nitrogens with zero attached hydrogens (tertiary/aromatic N) is 2. The van der Waals surface area contributed by atoms with Crippen molar-refractivity contribution >= 4 is 5.91 Å². The van der Waals surface area contributed by atoms with Crippen LogP contribution in [0.2, 0.25) is 0 Å². The van der Waals surface area contributed by atoms with Gasteiger partial charge < -0.3 is 15.6 Å². The molecule has 0 saturated heterocycles.